The van der Waals surface area contributed by atoms with Crippen LogP contribution in [0.1, 0.15) is 46.6 Å². The van der Waals surface area contributed by atoms with E-state index in [0.29, 0.717) is 19.3 Å². The summed E-state index contributed by atoms with van der Waals surface area (Å²) in [5.41, 5.74) is 1.02. The summed E-state index contributed by atoms with van der Waals surface area (Å²) in [6, 6.07) is 10.6. The number of benzene rings is 2. The van der Waals surface area contributed by atoms with Crippen LogP contribution in [0.2, 0.25) is 0 Å². The van der Waals surface area contributed by atoms with Gasteiger partial charge in [-0.15, -0.1) is 6.58 Å². The van der Waals surface area contributed by atoms with E-state index in [1.807, 2.05) is 31.2 Å². The summed E-state index contributed by atoms with van der Waals surface area (Å²) in [5, 5.41) is 0. The number of hydrogen-bond acceptors (Lipinski definition) is 1. The quantitative estimate of drug-likeness (QED) is 0.423. The third-order valence-corrected chi connectivity index (χ3v) is 5.36. The highest BCUT2D eigenvalue weighted by Gasteiger charge is 2.40. The highest BCUT2D eigenvalue weighted by Crippen LogP contribution is 2.41. The summed E-state index contributed by atoms with van der Waals surface area (Å²) in [4.78, 5) is 0. The standard InChI is InChI=1S/C23H24F4O/c1-3-19-12-10-18(14-28-19)20-13-11-17(22(24)21(20)23(25,26)27)9-8-16-6-4-15(2)5-7-16/h3-7,11,13,18-19H,1,8-10,12,14H2,2H3. The Hall–Kier alpha value is -2.14. The van der Waals surface area contributed by atoms with Crippen LogP contribution in [-0.2, 0) is 23.8 Å². The van der Waals surface area contributed by atoms with Crippen LogP contribution < -0.4 is 0 Å². The fourth-order valence-electron chi connectivity index (χ4n) is 3.69. The molecule has 3 rings (SSSR count). The van der Waals surface area contributed by atoms with Crippen LogP contribution in [0.3, 0.4) is 0 Å². The molecule has 0 amide bonds. The lowest BCUT2D eigenvalue weighted by Crippen LogP contribution is -2.26. The molecule has 0 spiro atoms. The molecule has 5 heteroatoms. The number of alkyl halides is 3. The second-order valence-electron chi connectivity index (χ2n) is 7.37. The molecule has 1 heterocycles. The van der Waals surface area contributed by atoms with Crippen LogP contribution in [0, 0.1) is 12.7 Å². The highest BCUT2D eigenvalue weighted by molar-refractivity contribution is 5.39. The van der Waals surface area contributed by atoms with Gasteiger partial charge in [0.2, 0.25) is 0 Å². The Bertz CT molecular complexity index is 816. The van der Waals surface area contributed by atoms with Crippen LogP contribution in [-0.4, -0.2) is 12.7 Å². The summed E-state index contributed by atoms with van der Waals surface area (Å²) in [5.74, 6) is -1.61. The van der Waals surface area contributed by atoms with Crippen molar-refractivity contribution in [1.29, 1.82) is 0 Å². The summed E-state index contributed by atoms with van der Waals surface area (Å²) in [6.07, 6.45) is -1.43. The van der Waals surface area contributed by atoms with E-state index in [0.717, 1.165) is 11.1 Å². The van der Waals surface area contributed by atoms with Gasteiger partial charge in [0, 0.05) is 5.92 Å². The average molecular weight is 392 g/mol. The van der Waals surface area contributed by atoms with Crippen molar-refractivity contribution in [2.45, 2.75) is 50.8 Å². The van der Waals surface area contributed by atoms with Gasteiger partial charge in [-0.3, -0.25) is 0 Å². The fourth-order valence-corrected chi connectivity index (χ4v) is 3.69. The first kappa shape index (κ1) is 20.6. The molecule has 0 aliphatic carbocycles. The molecule has 0 bridgehead atoms. The van der Waals surface area contributed by atoms with Crippen LogP contribution in [0.4, 0.5) is 17.6 Å². The van der Waals surface area contributed by atoms with Gasteiger partial charge in [-0.05, 0) is 49.3 Å². The van der Waals surface area contributed by atoms with Gasteiger partial charge in [0.1, 0.15) is 5.82 Å². The largest absolute Gasteiger partial charge is 0.419 e. The first-order valence-electron chi connectivity index (χ1n) is 9.47. The van der Waals surface area contributed by atoms with E-state index in [-0.39, 0.29) is 30.3 Å². The molecule has 1 nitrogen and oxygen atoms in total. The van der Waals surface area contributed by atoms with Crippen LogP contribution in [0.15, 0.2) is 49.1 Å². The second-order valence-corrected chi connectivity index (χ2v) is 7.37. The van der Waals surface area contributed by atoms with Crippen LogP contribution in [0.25, 0.3) is 0 Å². The average Bonchev–Trinajstić information content (AvgIpc) is 2.67. The maximum atomic E-state index is 14.9. The molecule has 2 aromatic rings. The third-order valence-electron chi connectivity index (χ3n) is 5.36. The van der Waals surface area contributed by atoms with Gasteiger partial charge in [0.25, 0.3) is 0 Å². The van der Waals surface area contributed by atoms with Crippen molar-refractivity contribution in [1.82, 2.24) is 0 Å². The number of hydrogen-bond donors (Lipinski definition) is 0. The van der Waals surface area contributed by atoms with Gasteiger partial charge in [0.05, 0.1) is 18.3 Å². The summed E-state index contributed by atoms with van der Waals surface area (Å²) >= 11 is 0. The predicted octanol–water partition coefficient (Wildman–Crippen LogP) is 6.39. The zero-order chi connectivity index (χ0) is 20.3. The molecule has 150 valence electrons. The summed E-state index contributed by atoms with van der Waals surface area (Å²) in [6.45, 7) is 5.75. The fraction of sp³-hybridized carbons (Fsp3) is 0.391. The molecule has 0 radical (unpaired) electrons. The number of halogens is 4. The van der Waals surface area contributed by atoms with Gasteiger partial charge < -0.3 is 4.74 Å². The highest BCUT2D eigenvalue weighted by atomic mass is 19.4. The third kappa shape index (κ3) is 4.64. The Kier molecular flexibility index (Phi) is 6.23. The van der Waals surface area contributed by atoms with Gasteiger partial charge >= 0.3 is 6.18 Å². The number of rotatable bonds is 5. The van der Waals surface area contributed by atoms with Gasteiger partial charge in [-0.25, -0.2) is 4.39 Å². The minimum absolute atomic E-state index is 0.00778. The molecule has 1 aliphatic heterocycles. The molecular weight excluding hydrogens is 368 g/mol. The van der Waals surface area contributed by atoms with Gasteiger partial charge in [-0.2, -0.15) is 13.2 Å². The Balaban J connectivity index is 1.85. The first-order chi connectivity index (χ1) is 13.3. The van der Waals surface area contributed by atoms with Crippen LogP contribution in [0.5, 0.6) is 0 Å². The molecule has 1 aliphatic rings. The Morgan fingerprint density at radius 2 is 1.79 bits per heavy atom. The van der Waals surface area contributed by atoms with Crippen LogP contribution >= 0.6 is 0 Å². The molecule has 2 aromatic carbocycles. The molecule has 0 N–H and O–H groups in total. The van der Waals surface area contributed by atoms with Crippen molar-refractivity contribution < 1.29 is 22.3 Å². The van der Waals surface area contributed by atoms with Crippen molar-refractivity contribution >= 4 is 0 Å². The monoisotopic (exact) mass is 392 g/mol. The molecular formula is C23H24F4O. The van der Waals surface area contributed by atoms with Gasteiger partial charge in [0.15, 0.2) is 0 Å². The summed E-state index contributed by atoms with van der Waals surface area (Å²) < 4.78 is 61.5. The predicted molar refractivity (Wildman–Crippen MR) is 102 cm³/mol. The van der Waals surface area contributed by atoms with E-state index in [1.165, 1.54) is 12.1 Å². The van der Waals surface area contributed by atoms with E-state index in [1.54, 1.807) is 6.08 Å². The zero-order valence-electron chi connectivity index (χ0n) is 15.9. The Morgan fingerprint density at radius 1 is 1.07 bits per heavy atom. The Morgan fingerprint density at radius 3 is 2.36 bits per heavy atom. The van der Waals surface area contributed by atoms with E-state index >= 15 is 0 Å². The Labute approximate surface area is 163 Å². The normalized spacial score (nSPS) is 20.2. The minimum atomic E-state index is -4.74. The first-order valence-corrected chi connectivity index (χ1v) is 9.47. The number of aryl methyl sites for hydroxylation is 3. The number of ether oxygens (including phenoxy) is 1. The van der Waals surface area contributed by atoms with Gasteiger partial charge in [-0.1, -0.05) is 48.0 Å². The van der Waals surface area contributed by atoms with Crippen molar-refractivity contribution in [3.63, 3.8) is 0 Å². The molecule has 28 heavy (non-hydrogen) atoms. The summed E-state index contributed by atoms with van der Waals surface area (Å²) in [7, 11) is 0. The maximum absolute atomic E-state index is 14.9. The van der Waals surface area contributed by atoms with Crippen molar-refractivity contribution in [3.05, 3.63) is 82.7 Å². The lowest BCUT2D eigenvalue weighted by Gasteiger charge is -2.29. The molecule has 1 saturated heterocycles. The minimum Gasteiger partial charge on any atom is -0.374 e. The molecule has 0 saturated carbocycles. The van der Waals surface area contributed by atoms with Crippen molar-refractivity contribution in [2.75, 3.05) is 6.61 Å². The lowest BCUT2D eigenvalue weighted by molar-refractivity contribution is -0.141. The van der Waals surface area contributed by atoms with Crippen molar-refractivity contribution in [2.24, 2.45) is 0 Å². The SMILES string of the molecule is C=CC1CCC(c2ccc(CCc3ccc(C)cc3)c(F)c2C(F)(F)F)CO1. The van der Waals surface area contributed by atoms with E-state index < -0.39 is 23.5 Å². The maximum Gasteiger partial charge on any atom is 0.419 e. The van der Waals surface area contributed by atoms with E-state index in [2.05, 4.69) is 6.58 Å². The molecule has 2 atom stereocenters. The molecule has 1 fully saturated rings. The molecule has 2 unspecified atom stereocenters. The molecule has 0 aromatic heterocycles. The zero-order valence-corrected chi connectivity index (χ0v) is 15.9. The topological polar surface area (TPSA) is 9.23 Å². The smallest absolute Gasteiger partial charge is 0.374 e. The van der Waals surface area contributed by atoms with E-state index in [9.17, 15) is 17.6 Å². The second kappa shape index (κ2) is 8.48. The van der Waals surface area contributed by atoms with Crippen molar-refractivity contribution in [3.8, 4) is 0 Å². The lowest BCUT2D eigenvalue weighted by atomic mass is 9.86. The van der Waals surface area contributed by atoms with E-state index in [4.69, 9.17) is 4.74 Å².